The summed E-state index contributed by atoms with van der Waals surface area (Å²) in [5, 5.41) is 4.80. The Bertz CT molecular complexity index is 1090. The summed E-state index contributed by atoms with van der Waals surface area (Å²) < 4.78 is 11.1. The van der Waals surface area contributed by atoms with E-state index in [0.29, 0.717) is 16.1 Å². The number of nitrogens with one attached hydrogen (secondary N) is 1. The van der Waals surface area contributed by atoms with Crippen LogP contribution in [0.15, 0.2) is 58.4 Å². The Labute approximate surface area is 192 Å². The molecule has 160 valence electrons. The van der Waals surface area contributed by atoms with Crippen molar-refractivity contribution in [2.24, 2.45) is 0 Å². The molecule has 1 amide bonds. The molecule has 0 bridgehead atoms. The Morgan fingerprint density at radius 2 is 1.65 bits per heavy atom. The van der Waals surface area contributed by atoms with E-state index in [1.807, 2.05) is 31.2 Å². The molecule has 8 heteroatoms. The standard InChI is InChI=1S/C23H20BrNO5S/c1-3-29-23(28)20-18(15-6-4-14(2)5-7-15)13-31-21(20)25-19(26)12-30-22(27)16-8-10-17(24)11-9-16/h4-11,13H,3,12H2,1-2H3,(H,25,26). The van der Waals surface area contributed by atoms with Gasteiger partial charge in [-0.25, -0.2) is 9.59 Å². The molecular formula is C23H20BrNO5S. The van der Waals surface area contributed by atoms with Gasteiger partial charge in [-0.05, 0) is 43.7 Å². The van der Waals surface area contributed by atoms with Crippen molar-refractivity contribution in [3.63, 3.8) is 0 Å². The molecule has 2 aromatic carbocycles. The fourth-order valence-corrected chi connectivity index (χ4v) is 4.00. The van der Waals surface area contributed by atoms with Gasteiger partial charge >= 0.3 is 11.9 Å². The normalized spacial score (nSPS) is 10.4. The first-order valence-electron chi connectivity index (χ1n) is 9.47. The highest BCUT2D eigenvalue weighted by Crippen LogP contribution is 2.36. The zero-order chi connectivity index (χ0) is 22.4. The first-order valence-corrected chi connectivity index (χ1v) is 11.1. The number of hydrogen-bond donors (Lipinski definition) is 1. The number of hydrogen-bond acceptors (Lipinski definition) is 6. The number of thiophene rings is 1. The first kappa shape index (κ1) is 22.7. The Hall–Kier alpha value is -2.97. The van der Waals surface area contributed by atoms with Crippen molar-refractivity contribution in [1.82, 2.24) is 0 Å². The lowest BCUT2D eigenvalue weighted by molar-refractivity contribution is -0.119. The Kier molecular flexibility index (Phi) is 7.59. The summed E-state index contributed by atoms with van der Waals surface area (Å²) in [6.07, 6.45) is 0. The topological polar surface area (TPSA) is 81.7 Å². The van der Waals surface area contributed by atoms with E-state index in [1.54, 1.807) is 36.6 Å². The predicted octanol–water partition coefficient (Wildman–Crippen LogP) is 5.46. The van der Waals surface area contributed by atoms with E-state index >= 15 is 0 Å². The molecule has 0 saturated carbocycles. The average Bonchev–Trinajstić information content (AvgIpc) is 3.16. The molecule has 0 aliphatic heterocycles. The summed E-state index contributed by atoms with van der Waals surface area (Å²) in [4.78, 5) is 37.1. The van der Waals surface area contributed by atoms with Gasteiger partial charge in [-0.2, -0.15) is 0 Å². The van der Waals surface area contributed by atoms with Gasteiger partial charge in [0, 0.05) is 15.4 Å². The SMILES string of the molecule is CCOC(=O)c1c(-c2ccc(C)cc2)csc1NC(=O)COC(=O)c1ccc(Br)cc1. The van der Waals surface area contributed by atoms with Crippen LogP contribution in [-0.4, -0.2) is 31.1 Å². The van der Waals surface area contributed by atoms with Gasteiger partial charge in [-0.1, -0.05) is 45.8 Å². The zero-order valence-corrected chi connectivity index (χ0v) is 19.3. The molecule has 3 aromatic rings. The highest BCUT2D eigenvalue weighted by atomic mass is 79.9. The Morgan fingerprint density at radius 1 is 0.968 bits per heavy atom. The third-order valence-corrected chi connectivity index (χ3v) is 5.72. The molecule has 3 rings (SSSR count). The fraction of sp³-hybridized carbons (Fsp3) is 0.174. The molecule has 0 aliphatic rings. The number of ether oxygens (including phenoxy) is 2. The maximum Gasteiger partial charge on any atom is 0.341 e. The van der Waals surface area contributed by atoms with Crippen LogP contribution in [0.4, 0.5) is 5.00 Å². The fourth-order valence-electron chi connectivity index (χ4n) is 2.76. The molecule has 1 aromatic heterocycles. The van der Waals surface area contributed by atoms with E-state index in [-0.39, 0.29) is 12.2 Å². The maximum atomic E-state index is 12.6. The third-order valence-electron chi connectivity index (χ3n) is 4.30. The first-order chi connectivity index (χ1) is 14.9. The molecule has 0 spiro atoms. The number of carbonyl (C=O) groups excluding carboxylic acids is 3. The molecule has 0 fully saturated rings. The summed E-state index contributed by atoms with van der Waals surface area (Å²) in [6, 6.07) is 14.3. The predicted molar refractivity (Wildman–Crippen MR) is 124 cm³/mol. The van der Waals surface area contributed by atoms with Crippen molar-refractivity contribution >= 4 is 50.1 Å². The molecule has 0 atom stereocenters. The number of benzene rings is 2. The molecular weight excluding hydrogens is 482 g/mol. The minimum atomic E-state index is -0.611. The second-order valence-corrected chi connectivity index (χ2v) is 8.37. The van der Waals surface area contributed by atoms with E-state index in [9.17, 15) is 14.4 Å². The van der Waals surface area contributed by atoms with Gasteiger partial charge in [0.25, 0.3) is 5.91 Å². The van der Waals surface area contributed by atoms with Crippen LogP contribution in [0.3, 0.4) is 0 Å². The second kappa shape index (κ2) is 10.4. The quantitative estimate of drug-likeness (QED) is 0.434. The van der Waals surface area contributed by atoms with E-state index in [0.717, 1.165) is 15.6 Å². The van der Waals surface area contributed by atoms with Gasteiger partial charge in [0.2, 0.25) is 0 Å². The number of rotatable bonds is 7. The smallest absolute Gasteiger partial charge is 0.341 e. The molecule has 31 heavy (non-hydrogen) atoms. The summed E-state index contributed by atoms with van der Waals surface area (Å²) in [7, 11) is 0. The maximum absolute atomic E-state index is 12.6. The number of anilines is 1. The van der Waals surface area contributed by atoms with Crippen LogP contribution in [-0.2, 0) is 14.3 Å². The van der Waals surface area contributed by atoms with Crippen molar-refractivity contribution in [3.8, 4) is 11.1 Å². The lowest BCUT2D eigenvalue weighted by Crippen LogP contribution is -2.21. The lowest BCUT2D eigenvalue weighted by atomic mass is 10.0. The molecule has 0 unspecified atom stereocenters. The Balaban J connectivity index is 1.74. The molecule has 1 heterocycles. The summed E-state index contributed by atoms with van der Waals surface area (Å²) in [6.45, 7) is 3.43. The summed E-state index contributed by atoms with van der Waals surface area (Å²) in [5.41, 5.74) is 3.22. The van der Waals surface area contributed by atoms with Gasteiger partial charge < -0.3 is 14.8 Å². The van der Waals surface area contributed by atoms with Gasteiger partial charge in [-0.15, -0.1) is 11.3 Å². The minimum absolute atomic E-state index is 0.209. The monoisotopic (exact) mass is 501 g/mol. The highest BCUT2D eigenvalue weighted by Gasteiger charge is 2.23. The van der Waals surface area contributed by atoms with Gasteiger partial charge in [-0.3, -0.25) is 4.79 Å². The van der Waals surface area contributed by atoms with E-state index in [4.69, 9.17) is 9.47 Å². The molecule has 0 aliphatic carbocycles. The summed E-state index contributed by atoms with van der Waals surface area (Å²) in [5.74, 6) is -1.69. The van der Waals surface area contributed by atoms with Crippen LogP contribution in [0.2, 0.25) is 0 Å². The van der Waals surface area contributed by atoms with Gasteiger partial charge in [0.15, 0.2) is 6.61 Å². The minimum Gasteiger partial charge on any atom is -0.462 e. The molecule has 0 radical (unpaired) electrons. The van der Waals surface area contributed by atoms with Crippen LogP contribution in [0.5, 0.6) is 0 Å². The largest absolute Gasteiger partial charge is 0.462 e. The van der Waals surface area contributed by atoms with Crippen LogP contribution < -0.4 is 5.32 Å². The zero-order valence-electron chi connectivity index (χ0n) is 16.9. The van der Waals surface area contributed by atoms with Crippen LogP contribution in [0.25, 0.3) is 11.1 Å². The molecule has 1 N–H and O–H groups in total. The summed E-state index contributed by atoms with van der Waals surface area (Å²) >= 11 is 4.50. The van der Waals surface area contributed by atoms with Crippen LogP contribution >= 0.6 is 27.3 Å². The van der Waals surface area contributed by atoms with Crippen molar-refractivity contribution in [3.05, 3.63) is 75.1 Å². The number of amides is 1. The Morgan fingerprint density at radius 3 is 2.29 bits per heavy atom. The van der Waals surface area contributed by atoms with Crippen molar-refractivity contribution in [2.75, 3.05) is 18.5 Å². The highest BCUT2D eigenvalue weighted by molar-refractivity contribution is 9.10. The molecule has 6 nitrogen and oxygen atoms in total. The number of esters is 2. The van der Waals surface area contributed by atoms with Crippen molar-refractivity contribution < 1.29 is 23.9 Å². The number of halogens is 1. The average molecular weight is 502 g/mol. The van der Waals surface area contributed by atoms with E-state index < -0.39 is 24.5 Å². The third kappa shape index (κ3) is 5.80. The van der Waals surface area contributed by atoms with Crippen LogP contribution in [0, 0.1) is 6.92 Å². The van der Waals surface area contributed by atoms with Crippen LogP contribution in [0.1, 0.15) is 33.2 Å². The number of aryl methyl sites for hydroxylation is 1. The van der Waals surface area contributed by atoms with Gasteiger partial charge in [0.1, 0.15) is 10.6 Å². The lowest BCUT2D eigenvalue weighted by Gasteiger charge is -2.09. The van der Waals surface area contributed by atoms with Crippen molar-refractivity contribution in [1.29, 1.82) is 0 Å². The van der Waals surface area contributed by atoms with Crippen molar-refractivity contribution in [2.45, 2.75) is 13.8 Å². The van der Waals surface area contributed by atoms with E-state index in [1.165, 1.54) is 11.3 Å². The van der Waals surface area contributed by atoms with Gasteiger partial charge in [0.05, 0.1) is 12.2 Å². The van der Waals surface area contributed by atoms with E-state index in [2.05, 4.69) is 21.2 Å². The number of carbonyl (C=O) groups is 3. The molecule has 0 saturated heterocycles. The second-order valence-electron chi connectivity index (χ2n) is 6.57.